The Labute approximate surface area is 146 Å². The molecule has 0 heterocycles. The predicted molar refractivity (Wildman–Crippen MR) is 91.7 cm³/mol. The van der Waals surface area contributed by atoms with E-state index in [0.717, 1.165) is 0 Å². The van der Waals surface area contributed by atoms with Crippen LogP contribution in [0.4, 0.5) is 5.69 Å². The van der Waals surface area contributed by atoms with Crippen LogP contribution in [-0.4, -0.2) is 20.1 Å². The number of nitrogens with one attached hydrogen (secondary N) is 1. The zero-order chi connectivity index (χ0) is 16.3. The van der Waals surface area contributed by atoms with Crippen molar-refractivity contribution in [2.24, 2.45) is 0 Å². The van der Waals surface area contributed by atoms with Crippen LogP contribution in [0, 0.1) is 0 Å². The molecule has 0 saturated heterocycles. The van der Waals surface area contributed by atoms with E-state index in [0.29, 0.717) is 37.3 Å². The minimum Gasteiger partial charge on any atom is -0.493 e. The van der Waals surface area contributed by atoms with Crippen LogP contribution in [0.1, 0.15) is 10.4 Å². The van der Waals surface area contributed by atoms with Crippen LogP contribution in [-0.2, 0) is 0 Å². The van der Waals surface area contributed by atoms with Crippen molar-refractivity contribution < 1.29 is 14.3 Å². The molecule has 7 heteroatoms. The van der Waals surface area contributed by atoms with Gasteiger partial charge in [0.1, 0.15) is 0 Å². The molecular formula is C15H12BrCl2NO3. The van der Waals surface area contributed by atoms with Gasteiger partial charge >= 0.3 is 0 Å². The summed E-state index contributed by atoms with van der Waals surface area (Å²) in [6.07, 6.45) is 0. The van der Waals surface area contributed by atoms with Crippen molar-refractivity contribution in [1.82, 2.24) is 0 Å². The summed E-state index contributed by atoms with van der Waals surface area (Å²) < 4.78 is 11.0. The van der Waals surface area contributed by atoms with Gasteiger partial charge in [-0.15, -0.1) is 0 Å². The number of benzene rings is 2. The molecule has 0 unspecified atom stereocenters. The van der Waals surface area contributed by atoms with Gasteiger partial charge in [-0.3, -0.25) is 4.79 Å². The van der Waals surface area contributed by atoms with E-state index in [1.165, 1.54) is 14.2 Å². The molecule has 0 aromatic heterocycles. The van der Waals surface area contributed by atoms with Crippen molar-refractivity contribution >= 4 is 50.7 Å². The van der Waals surface area contributed by atoms with E-state index in [2.05, 4.69) is 21.2 Å². The Morgan fingerprint density at radius 3 is 2.50 bits per heavy atom. The fourth-order valence-corrected chi connectivity index (χ4v) is 2.78. The molecule has 2 rings (SSSR count). The summed E-state index contributed by atoms with van der Waals surface area (Å²) in [6, 6.07) is 8.06. The van der Waals surface area contributed by atoms with Crippen LogP contribution in [0.3, 0.4) is 0 Å². The van der Waals surface area contributed by atoms with Gasteiger partial charge in [-0.1, -0.05) is 23.2 Å². The monoisotopic (exact) mass is 403 g/mol. The molecule has 0 aliphatic heterocycles. The van der Waals surface area contributed by atoms with E-state index in [1.807, 2.05) is 0 Å². The molecule has 1 N–H and O–H groups in total. The number of methoxy groups -OCH3 is 2. The minimum absolute atomic E-state index is 0.342. The standard InChI is InChI=1S/C15H12BrCl2NO3/c1-21-13-6-8(5-10(16)14(13)22-2)15(20)19-12-7-9(17)3-4-11(12)18/h3-7H,1-2H3,(H,19,20). The Kier molecular flexibility index (Phi) is 5.56. The van der Waals surface area contributed by atoms with Crippen molar-refractivity contribution in [2.45, 2.75) is 0 Å². The normalized spacial score (nSPS) is 10.2. The van der Waals surface area contributed by atoms with Gasteiger partial charge in [-0.25, -0.2) is 0 Å². The molecule has 0 saturated carbocycles. The average Bonchev–Trinajstić information content (AvgIpc) is 2.49. The van der Waals surface area contributed by atoms with Crippen LogP contribution >= 0.6 is 39.1 Å². The van der Waals surface area contributed by atoms with Crippen LogP contribution in [0.15, 0.2) is 34.8 Å². The molecule has 4 nitrogen and oxygen atoms in total. The third kappa shape index (κ3) is 3.66. The summed E-state index contributed by atoms with van der Waals surface area (Å²) in [5, 5.41) is 3.59. The van der Waals surface area contributed by atoms with Gasteiger partial charge < -0.3 is 14.8 Å². The van der Waals surface area contributed by atoms with E-state index in [9.17, 15) is 4.79 Å². The number of rotatable bonds is 4. The van der Waals surface area contributed by atoms with Gasteiger partial charge in [-0.2, -0.15) is 0 Å². The molecule has 0 atom stereocenters. The molecule has 0 fully saturated rings. The van der Waals surface area contributed by atoms with Crippen molar-refractivity contribution in [1.29, 1.82) is 0 Å². The lowest BCUT2D eigenvalue weighted by Gasteiger charge is -2.12. The number of carbonyl (C=O) groups is 1. The first-order chi connectivity index (χ1) is 10.5. The van der Waals surface area contributed by atoms with Gasteiger partial charge in [0.05, 0.1) is 29.4 Å². The van der Waals surface area contributed by atoms with Crippen molar-refractivity contribution in [3.8, 4) is 11.5 Å². The second-order valence-electron chi connectivity index (χ2n) is 4.27. The smallest absolute Gasteiger partial charge is 0.255 e. The number of anilines is 1. The number of hydrogen-bond acceptors (Lipinski definition) is 3. The molecular weight excluding hydrogens is 393 g/mol. The fourth-order valence-electron chi connectivity index (χ4n) is 1.84. The number of amides is 1. The van der Waals surface area contributed by atoms with E-state index in [-0.39, 0.29) is 5.91 Å². The summed E-state index contributed by atoms with van der Waals surface area (Å²) in [5.41, 5.74) is 0.825. The minimum atomic E-state index is -0.342. The Bertz CT molecular complexity index is 722. The third-order valence-electron chi connectivity index (χ3n) is 2.87. The number of hydrogen-bond donors (Lipinski definition) is 1. The Morgan fingerprint density at radius 1 is 1.14 bits per heavy atom. The molecule has 2 aromatic rings. The highest BCUT2D eigenvalue weighted by Gasteiger charge is 2.16. The number of carbonyl (C=O) groups excluding carboxylic acids is 1. The Hall–Kier alpha value is -1.43. The fraction of sp³-hybridized carbons (Fsp3) is 0.133. The number of halogens is 3. The summed E-state index contributed by atoms with van der Waals surface area (Å²) >= 11 is 15.3. The lowest BCUT2D eigenvalue weighted by Crippen LogP contribution is -2.12. The zero-order valence-electron chi connectivity index (χ0n) is 11.7. The van der Waals surface area contributed by atoms with Crippen LogP contribution in [0.2, 0.25) is 10.0 Å². The molecule has 0 spiro atoms. The van der Waals surface area contributed by atoms with E-state index < -0.39 is 0 Å². The highest BCUT2D eigenvalue weighted by Crippen LogP contribution is 2.36. The summed E-state index contributed by atoms with van der Waals surface area (Å²) in [7, 11) is 3.02. The topological polar surface area (TPSA) is 47.6 Å². The summed E-state index contributed by atoms with van der Waals surface area (Å²) in [6.45, 7) is 0. The van der Waals surface area contributed by atoms with E-state index >= 15 is 0 Å². The maximum absolute atomic E-state index is 12.4. The quantitative estimate of drug-likeness (QED) is 0.777. The van der Waals surface area contributed by atoms with Gasteiger partial charge in [-0.05, 0) is 46.3 Å². The lowest BCUT2D eigenvalue weighted by molar-refractivity contribution is 0.102. The second-order valence-corrected chi connectivity index (χ2v) is 5.97. The first-order valence-corrected chi connectivity index (χ1v) is 7.69. The van der Waals surface area contributed by atoms with E-state index in [4.69, 9.17) is 32.7 Å². The zero-order valence-corrected chi connectivity index (χ0v) is 14.8. The Morgan fingerprint density at radius 2 is 1.86 bits per heavy atom. The second kappa shape index (κ2) is 7.22. The molecule has 1 amide bonds. The molecule has 0 aliphatic carbocycles. The third-order valence-corrected chi connectivity index (χ3v) is 4.03. The molecule has 0 radical (unpaired) electrons. The van der Waals surface area contributed by atoms with Crippen LogP contribution in [0.5, 0.6) is 11.5 Å². The molecule has 0 bridgehead atoms. The molecule has 116 valence electrons. The van der Waals surface area contributed by atoms with Gasteiger partial charge in [0.25, 0.3) is 5.91 Å². The van der Waals surface area contributed by atoms with Crippen molar-refractivity contribution in [2.75, 3.05) is 19.5 Å². The van der Waals surface area contributed by atoms with Crippen molar-refractivity contribution in [3.05, 3.63) is 50.4 Å². The predicted octanol–water partition coefficient (Wildman–Crippen LogP) is 5.03. The average molecular weight is 405 g/mol. The number of ether oxygens (including phenoxy) is 2. The SMILES string of the molecule is COc1cc(C(=O)Nc2cc(Cl)ccc2Cl)cc(Br)c1OC. The van der Waals surface area contributed by atoms with Gasteiger partial charge in [0, 0.05) is 10.6 Å². The molecule has 2 aromatic carbocycles. The Balaban J connectivity index is 2.34. The van der Waals surface area contributed by atoms with Gasteiger partial charge in [0.2, 0.25) is 0 Å². The summed E-state index contributed by atoms with van der Waals surface area (Å²) in [4.78, 5) is 12.4. The van der Waals surface area contributed by atoms with Crippen LogP contribution in [0.25, 0.3) is 0 Å². The van der Waals surface area contributed by atoms with Gasteiger partial charge in [0.15, 0.2) is 11.5 Å². The van der Waals surface area contributed by atoms with Crippen LogP contribution < -0.4 is 14.8 Å². The highest BCUT2D eigenvalue weighted by atomic mass is 79.9. The first-order valence-electron chi connectivity index (χ1n) is 6.14. The lowest BCUT2D eigenvalue weighted by atomic mass is 10.2. The largest absolute Gasteiger partial charge is 0.493 e. The maximum atomic E-state index is 12.4. The summed E-state index contributed by atoms with van der Waals surface area (Å²) in [5.74, 6) is 0.616. The highest BCUT2D eigenvalue weighted by molar-refractivity contribution is 9.10. The first kappa shape index (κ1) is 16.9. The molecule has 0 aliphatic rings. The maximum Gasteiger partial charge on any atom is 0.255 e. The van der Waals surface area contributed by atoms with Crippen molar-refractivity contribution in [3.63, 3.8) is 0 Å². The molecule has 22 heavy (non-hydrogen) atoms. The van der Waals surface area contributed by atoms with E-state index in [1.54, 1.807) is 30.3 Å².